The average molecular weight is 391 g/mol. The molecule has 27 heavy (non-hydrogen) atoms. The number of nitrogens with one attached hydrogen (secondary N) is 1. The van der Waals surface area contributed by atoms with E-state index in [4.69, 9.17) is 0 Å². The number of carbonyl (C=O) groups is 2. The summed E-state index contributed by atoms with van der Waals surface area (Å²) in [6.45, 7) is 4.33. The summed E-state index contributed by atoms with van der Waals surface area (Å²) in [6, 6.07) is 0. The van der Waals surface area contributed by atoms with Crippen molar-refractivity contribution in [3.8, 4) is 0 Å². The van der Waals surface area contributed by atoms with E-state index in [-0.39, 0.29) is 17.4 Å². The van der Waals surface area contributed by atoms with E-state index in [1.807, 2.05) is 16.7 Å². The van der Waals surface area contributed by atoms with Gasteiger partial charge in [-0.2, -0.15) is 11.8 Å². The topological polar surface area (TPSA) is 69.3 Å². The summed E-state index contributed by atoms with van der Waals surface area (Å²) in [5.41, 5.74) is 1.90. The predicted octanol–water partition coefficient (Wildman–Crippen LogP) is 2.56. The van der Waals surface area contributed by atoms with Gasteiger partial charge in [0, 0.05) is 49.8 Å². The first kappa shape index (κ1) is 18.8. The van der Waals surface area contributed by atoms with Gasteiger partial charge in [0.2, 0.25) is 11.8 Å². The molecule has 0 aromatic carbocycles. The van der Waals surface area contributed by atoms with Crippen LogP contribution in [0.3, 0.4) is 0 Å². The van der Waals surface area contributed by atoms with E-state index < -0.39 is 0 Å². The zero-order valence-corrected chi connectivity index (χ0v) is 17.0. The summed E-state index contributed by atoms with van der Waals surface area (Å²) in [5.74, 6) is 2.71. The third-order valence-electron chi connectivity index (χ3n) is 6.59. The number of amides is 2. The lowest BCUT2D eigenvalue weighted by Gasteiger charge is -2.52. The van der Waals surface area contributed by atoms with E-state index in [0.717, 1.165) is 68.9 Å². The second kappa shape index (κ2) is 7.86. The third kappa shape index (κ3) is 3.39. The SMILES string of the molecule is CCSCCC(=O)N1CCC2(CC1)c1nc[nH]c1CCN2C(=O)C1CCC1. The highest BCUT2D eigenvalue weighted by atomic mass is 32.2. The number of hydrogen-bond acceptors (Lipinski definition) is 4. The molecular weight excluding hydrogens is 360 g/mol. The van der Waals surface area contributed by atoms with Crippen molar-refractivity contribution in [2.45, 2.75) is 57.4 Å². The smallest absolute Gasteiger partial charge is 0.226 e. The minimum atomic E-state index is -0.324. The van der Waals surface area contributed by atoms with Crippen LogP contribution < -0.4 is 0 Å². The third-order valence-corrected chi connectivity index (χ3v) is 7.49. The number of hydrogen-bond donors (Lipinski definition) is 1. The molecule has 7 heteroatoms. The van der Waals surface area contributed by atoms with Gasteiger partial charge in [-0.3, -0.25) is 9.59 Å². The molecule has 3 aliphatic rings. The number of fused-ring (bicyclic) bond motifs is 2. The van der Waals surface area contributed by atoms with Gasteiger partial charge in [0.25, 0.3) is 0 Å². The van der Waals surface area contributed by atoms with E-state index in [0.29, 0.717) is 12.3 Å². The molecule has 1 saturated heterocycles. The Kier molecular flexibility index (Phi) is 5.48. The lowest BCUT2D eigenvalue weighted by molar-refractivity contribution is -0.150. The van der Waals surface area contributed by atoms with Crippen molar-refractivity contribution in [2.75, 3.05) is 31.1 Å². The van der Waals surface area contributed by atoms with Crippen molar-refractivity contribution in [3.63, 3.8) is 0 Å². The highest BCUT2D eigenvalue weighted by molar-refractivity contribution is 7.99. The monoisotopic (exact) mass is 390 g/mol. The molecule has 2 fully saturated rings. The maximum absolute atomic E-state index is 13.2. The summed E-state index contributed by atoms with van der Waals surface area (Å²) in [5, 5.41) is 0. The average Bonchev–Trinajstić information content (AvgIpc) is 3.11. The van der Waals surface area contributed by atoms with Crippen molar-refractivity contribution in [1.29, 1.82) is 0 Å². The lowest BCUT2D eigenvalue weighted by Crippen LogP contribution is -2.60. The number of thioether (sulfide) groups is 1. The molecular formula is C20H30N4O2S. The second-order valence-electron chi connectivity index (χ2n) is 7.96. The Balaban J connectivity index is 1.50. The fraction of sp³-hybridized carbons (Fsp3) is 0.750. The van der Waals surface area contributed by atoms with Crippen LogP contribution in [0, 0.1) is 5.92 Å². The number of likely N-dealkylation sites (tertiary alicyclic amines) is 1. The highest BCUT2D eigenvalue weighted by Gasteiger charge is 2.50. The quantitative estimate of drug-likeness (QED) is 0.785. The van der Waals surface area contributed by atoms with Crippen LogP contribution >= 0.6 is 11.8 Å². The summed E-state index contributed by atoms with van der Waals surface area (Å²) < 4.78 is 0. The van der Waals surface area contributed by atoms with Crippen LogP contribution in [0.4, 0.5) is 0 Å². The van der Waals surface area contributed by atoms with Crippen molar-refractivity contribution in [1.82, 2.24) is 19.8 Å². The maximum Gasteiger partial charge on any atom is 0.226 e. The summed E-state index contributed by atoms with van der Waals surface area (Å²) >= 11 is 1.82. The largest absolute Gasteiger partial charge is 0.348 e. The molecule has 1 saturated carbocycles. The van der Waals surface area contributed by atoms with Gasteiger partial charge in [0.15, 0.2) is 0 Å². The minimum Gasteiger partial charge on any atom is -0.348 e. The second-order valence-corrected chi connectivity index (χ2v) is 9.35. The molecule has 1 aromatic heterocycles. The molecule has 1 spiro atoms. The fourth-order valence-corrected chi connectivity index (χ4v) is 5.38. The van der Waals surface area contributed by atoms with E-state index in [2.05, 4.69) is 21.8 Å². The van der Waals surface area contributed by atoms with Crippen LogP contribution in [-0.4, -0.2) is 62.7 Å². The molecule has 6 nitrogen and oxygen atoms in total. The first-order chi connectivity index (χ1) is 13.2. The molecule has 148 valence electrons. The van der Waals surface area contributed by atoms with E-state index >= 15 is 0 Å². The zero-order valence-electron chi connectivity index (χ0n) is 16.2. The number of aromatic amines is 1. The summed E-state index contributed by atoms with van der Waals surface area (Å²) in [7, 11) is 0. The molecule has 3 heterocycles. The number of rotatable bonds is 5. The highest BCUT2D eigenvalue weighted by Crippen LogP contribution is 2.44. The molecule has 0 atom stereocenters. The number of H-pyrrole nitrogens is 1. The molecule has 1 N–H and O–H groups in total. The molecule has 0 bridgehead atoms. The Morgan fingerprint density at radius 3 is 2.74 bits per heavy atom. The zero-order chi connectivity index (χ0) is 18.9. The minimum absolute atomic E-state index is 0.202. The first-order valence-electron chi connectivity index (χ1n) is 10.4. The van der Waals surface area contributed by atoms with E-state index in [1.54, 1.807) is 6.33 Å². The van der Waals surface area contributed by atoms with Crippen LogP contribution in [0.25, 0.3) is 0 Å². The Labute approximate surface area is 165 Å². The molecule has 0 radical (unpaired) electrons. The van der Waals surface area contributed by atoms with Gasteiger partial charge in [-0.1, -0.05) is 13.3 Å². The Hall–Kier alpha value is -1.50. The van der Waals surface area contributed by atoms with Crippen LogP contribution in [-0.2, 0) is 21.5 Å². The van der Waals surface area contributed by atoms with E-state index in [9.17, 15) is 9.59 Å². The van der Waals surface area contributed by atoms with Gasteiger partial charge in [0.1, 0.15) is 0 Å². The number of carbonyl (C=O) groups excluding carboxylic acids is 2. The van der Waals surface area contributed by atoms with Gasteiger partial charge >= 0.3 is 0 Å². The predicted molar refractivity (Wildman–Crippen MR) is 106 cm³/mol. The van der Waals surface area contributed by atoms with Crippen LogP contribution in [0.5, 0.6) is 0 Å². The van der Waals surface area contributed by atoms with Crippen molar-refractivity contribution < 1.29 is 9.59 Å². The van der Waals surface area contributed by atoms with Gasteiger partial charge < -0.3 is 14.8 Å². The van der Waals surface area contributed by atoms with Gasteiger partial charge in [0.05, 0.1) is 17.6 Å². The summed E-state index contributed by atoms with van der Waals surface area (Å²) in [6.07, 6.45) is 8.06. The van der Waals surface area contributed by atoms with Gasteiger partial charge in [-0.25, -0.2) is 4.98 Å². The molecule has 4 rings (SSSR count). The molecule has 2 amide bonds. The van der Waals surface area contributed by atoms with Gasteiger partial charge in [-0.05, 0) is 31.4 Å². The molecule has 1 aliphatic carbocycles. The standard InChI is InChI=1S/C20H30N4O2S/c1-2-27-13-7-17(25)23-11-8-20(9-12-23)18-16(21-14-22-18)6-10-24(20)19(26)15-4-3-5-15/h14-15H,2-13H2,1H3,(H,21,22). The van der Waals surface area contributed by atoms with Crippen molar-refractivity contribution in [3.05, 3.63) is 17.7 Å². The van der Waals surface area contributed by atoms with Gasteiger partial charge in [-0.15, -0.1) is 0 Å². The van der Waals surface area contributed by atoms with Crippen molar-refractivity contribution in [2.24, 2.45) is 5.92 Å². The number of aromatic nitrogens is 2. The van der Waals surface area contributed by atoms with Crippen molar-refractivity contribution >= 4 is 23.6 Å². The molecule has 1 aromatic rings. The first-order valence-corrected chi connectivity index (χ1v) is 11.5. The molecule has 2 aliphatic heterocycles. The fourth-order valence-electron chi connectivity index (χ4n) is 4.77. The summed E-state index contributed by atoms with van der Waals surface area (Å²) in [4.78, 5) is 37.8. The normalized spacial score (nSPS) is 21.8. The molecule has 0 unspecified atom stereocenters. The Bertz CT molecular complexity index is 692. The Morgan fingerprint density at radius 2 is 2.07 bits per heavy atom. The Morgan fingerprint density at radius 1 is 1.30 bits per heavy atom. The number of nitrogens with zero attached hydrogens (tertiary/aromatic N) is 3. The number of piperidine rings is 1. The number of imidazole rings is 1. The van der Waals surface area contributed by atoms with Crippen LogP contribution in [0.2, 0.25) is 0 Å². The van der Waals surface area contributed by atoms with E-state index in [1.165, 1.54) is 12.1 Å². The lowest BCUT2D eigenvalue weighted by atomic mass is 9.76. The maximum atomic E-state index is 13.2. The van der Waals surface area contributed by atoms with Crippen LogP contribution in [0.1, 0.15) is 56.8 Å². The van der Waals surface area contributed by atoms with Crippen LogP contribution in [0.15, 0.2) is 6.33 Å².